The maximum absolute atomic E-state index is 10.5. The molecule has 1 aromatic rings. The highest BCUT2D eigenvalue weighted by Gasteiger charge is 2.22. The predicted molar refractivity (Wildman–Crippen MR) is 66.1 cm³/mol. The van der Waals surface area contributed by atoms with Crippen molar-refractivity contribution in [2.24, 2.45) is 0 Å². The van der Waals surface area contributed by atoms with E-state index in [2.05, 4.69) is 0 Å². The molecule has 0 aliphatic rings. The highest BCUT2D eigenvalue weighted by molar-refractivity contribution is 14.1. The van der Waals surface area contributed by atoms with E-state index in [1.54, 1.807) is 6.07 Å². The van der Waals surface area contributed by atoms with Gasteiger partial charge in [-0.05, 0) is 57.3 Å². The highest BCUT2D eigenvalue weighted by Crippen LogP contribution is 2.31. The fourth-order valence-electron chi connectivity index (χ4n) is 0.965. The van der Waals surface area contributed by atoms with Gasteiger partial charge in [0.15, 0.2) is 6.10 Å². The molecule has 0 radical (unpaired) electrons. The Morgan fingerprint density at radius 1 is 1.36 bits per heavy atom. The summed E-state index contributed by atoms with van der Waals surface area (Å²) >= 11 is 3.87. The van der Waals surface area contributed by atoms with Crippen molar-refractivity contribution in [3.8, 4) is 5.75 Å². The monoisotopic (exact) mass is 420 g/mol. The molecule has 1 atom stereocenters. The number of rotatable bonds is 2. The number of carboxylic acid groups (broad SMARTS) is 1. The van der Waals surface area contributed by atoms with Gasteiger partial charge in [-0.1, -0.05) is 0 Å². The molecule has 76 valence electrons. The van der Waals surface area contributed by atoms with Crippen molar-refractivity contribution in [3.05, 3.63) is 24.8 Å². The number of aliphatic hydroxyl groups is 1. The second kappa shape index (κ2) is 4.62. The Hall–Kier alpha value is -0.0900. The Bertz CT molecular complexity index is 355. The zero-order chi connectivity index (χ0) is 10.9. The van der Waals surface area contributed by atoms with Crippen molar-refractivity contribution in [1.82, 2.24) is 0 Å². The van der Waals surface area contributed by atoms with Gasteiger partial charge in [-0.2, -0.15) is 0 Å². The smallest absolute Gasteiger partial charge is 0.337 e. The van der Waals surface area contributed by atoms with Gasteiger partial charge in [-0.3, -0.25) is 0 Å². The van der Waals surface area contributed by atoms with E-state index in [1.165, 1.54) is 6.07 Å². The number of hydrogen-bond acceptors (Lipinski definition) is 3. The number of aliphatic hydroxyl groups excluding tert-OH is 1. The molecule has 0 spiro atoms. The lowest BCUT2D eigenvalue weighted by Crippen LogP contribution is -2.12. The molecule has 6 heteroatoms. The first kappa shape index (κ1) is 12.0. The zero-order valence-electron chi connectivity index (χ0n) is 6.74. The van der Waals surface area contributed by atoms with Gasteiger partial charge in [-0.25, -0.2) is 4.79 Å². The first-order valence-corrected chi connectivity index (χ1v) is 5.68. The third-order valence-corrected chi connectivity index (χ3v) is 3.10. The van der Waals surface area contributed by atoms with Crippen LogP contribution in [-0.2, 0) is 4.79 Å². The number of carboxylic acids is 1. The standard InChI is InChI=1S/C8H6I2O4/c9-3-1-4(10)6(5(11)2-3)7(12)8(13)14/h1-2,7,11-12H,(H,13,14). The SMILES string of the molecule is O=C(O)C(O)c1c(O)cc(I)cc1I. The van der Waals surface area contributed by atoms with Gasteiger partial charge in [0, 0.05) is 12.7 Å². The van der Waals surface area contributed by atoms with Crippen LogP contribution in [-0.4, -0.2) is 21.3 Å². The van der Waals surface area contributed by atoms with E-state index in [4.69, 9.17) is 5.11 Å². The number of phenols is 1. The van der Waals surface area contributed by atoms with Crippen LogP contribution >= 0.6 is 45.2 Å². The molecular formula is C8H6I2O4. The number of phenolic OH excluding ortho intramolecular Hbond substituents is 1. The molecule has 0 aliphatic carbocycles. The number of aromatic hydroxyl groups is 1. The van der Waals surface area contributed by atoms with Crippen LogP contribution in [0.4, 0.5) is 0 Å². The van der Waals surface area contributed by atoms with E-state index in [0.29, 0.717) is 3.57 Å². The predicted octanol–water partition coefficient (Wildman–Crippen LogP) is 1.72. The number of hydrogen-bond donors (Lipinski definition) is 3. The minimum atomic E-state index is -1.68. The molecule has 3 N–H and O–H groups in total. The summed E-state index contributed by atoms with van der Waals surface area (Å²) in [6, 6.07) is 3.09. The van der Waals surface area contributed by atoms with E-state index in [0.717, 1.165) is 3.57 Å². The largest absolute Gasteiger partial charge is 0.507 e. The Morgan fingerprint density at radius 2 is 1.93 bits per heavy atom. The average Bonchev–Trinajstić information content (AvgIpc) is 2.01. The molecule has 14 heavy (non-hydrogen) atoms. The van der Waals surface area contributed by atoms with Crippen LogP contribution in [0.3, 0.4) is 0 Å². The van der Waals surface area contributed by atoms with E-state index in [9.17, 15) is 15.0 Å². The van der Waals surface area contributed by atoms with Crippen LogP contribution in [0, 0.1) is 7.14 Å². The Labute approximate surface area is 107 Å². The summed E-state index contributed by atoms with van der Waals surface area (Å²) in [6.45, 7) is 0. The Morgan fingerprint density at radius 3 is 2.36 bits per heavy atom. The van der Waals surface area contributed by atoms with Crippen LogP contribution in [0.15, 0.2) is 12.1 Å². The fourth-order valence-corrected chi connectivity index (χ4v) is 3.07. The van der Waals surface area contributed by atoms with Gasteiger partial charge < -0.3 is 15.3 Å². The lowest BCUT2D eigenvalue weighted by atomic mass is 10.1. The van der Waals surface area contributed by atoms with Crippen molar-refractivity contribution >= 4 is 51.2 Å². The summed E-state index contributed by atoms with van der Waals surface area (Å²) in [7, 11) is 0. The summed E-state index contributed by atoms with van der Waals surface area (Å²) in [6.07, 6.45) is -1.68. The third kappa shape index (κ3) is 2.48. The van der Waals surface area contributed by atoms with Crippen molar-refractivity contribution in [3.63, 3.8) is 0 Å². The van der Waals surface area contributed by atoms with E-state index < -0.39 is 12.1 Å². The van der Waals surface area contributed by atoms with Crippen molar-refractivity contribution < 1.29 is 20.1 Å². The molecular weight excluding hydrogens is 414 g/mol. The summed E-state index contributed by atoms with van der Waals surface area (Å²) in [5, 5.41) is 27.3. The second-order valence-corrected chi connectivity index (χ2v) is 4.97. The zero-order valence-corrected chi connectivity index (χ0v) is 11.1. The van der Waals surface area contributed by atoms with Crippen molar-refractivity contribution in [2.75, 3.05) is 0 Å². The molecule has 0 heterocycles. The second-order valence-electron chi connectivity index (χ2n) is 2.56. The lowest BCUT2D eigenvalue weighted by molar-refractivity contribution is -0.147. The van der Waals surface area contributed by atoms with E-state index >= 15 is 0 Å². The fraction of sp³-hybridized carbons (Fsp3) is 0.125. The average molecular weight is 420 g/mol. The minimum absolute atomic E-state index is 0.0403. The number of carbonyl (C=O) groups is 1. The minimum Gasteiger partial charge on any atom is -0.507 e. The summed E-state index contributed by atoms with van der Waals surface area (Å²) < 4.78 is 1.31. The normalized spacial score (nSPS) is 12.5. The first-order valence-electron chi connectivity index (χ1n) is 3.52. The topological polar surface area (TPSA) is 77.8 Å². The Balaban J connectivity index is 3.27. The molecule has 0 aliphatic heterocycles. The molecule has 0 fully saturated rings. The van der Waals surface area contributed by atoms with Gasteiger partial charge in [-0.15, -0.1) is 0 Å². The van der Waals surface area contributed by atoms with Crippen LogP contribution in [0.5, 0.6) is 5.75 Å². The van der Waals surface area contributed by atoms with E-state index in [1.807, 2.05) is 45.2 Å². The number of benzene rings is 1. The van der Waals surface area contributed by atoms with Crippen LogP contribution in [0.2, 0.25) is 0 Å². The molecule has 0 amide bonds. The molecule has 0 saturated heterocycles. The molecule has 1 unspecified atom stereocenters. The molecule has 0 saturated carbocycles. The molecule has 0 aromatic heterocycles. The van der Waals surface area contributed by atoms with Crippen molar-refractivity contribution in [1.29, 1.82) is 0 Å². The lowest BCUT2D eigenvalue weighted by Gasteiger charge is -2.10. The van der Waals surface area contributed by atoms with Gasteiger partial charge in [0.2, 0.25) is 0 Å². The highest BCUT2D eigenvalue weighted by atomic mass is 127. The van der Waals surface area contributed by atoms with Gasteiger partial charge in [0.05, 0.1) is 0 Å². The quantitative estimate of drug-likeness (QED) is 0.638. The van der Waals surface area contributed by atoms with Crippen LogP contribution < -0.4 is 0 Å². The van der Waals surface area contributed by atoms with Gasteiger partial charge in [0.1, 0.15) is 5.75 Å². The molecule has 4 nitrogen and oxygen atoms in total. The van der Waals surface area contributed by atoms with Gasteiger partial charge >= 0.3 is 5.97 Å². The molecule has 1 rings (SSSR count). The maximum atomic E-state index is 10.5. The molecule has 0 bridgehead atoms. The Kier molecular flexibility index (Phi) is 3.95. The number of aliphatic carboxylic acids is 1. The number of halogens is 2. The summed E-state index contributed by atoms with van der Waals surface area (Å²) in [5.74, 6) is -1.57. The van der Waals surface area contributed by atoms with E-state index in [-0.39, 0.29) is 11.3 Å². The van der Waals surface area contributed by atoms with Crippen molar-refractivity contribution in [2.45, 2.75) is 6.10 Å². The first-order chi connectivity index (χ1) is 6.43. The van der Waals surface area contributed by atoms with Crippen LogP contribution in [0.25, 0.3) is 0 Å². The summed E-state index contributed by atoms with van der Waals surface area (Å²) in [5.41, 5.74) is 0.0403. The maximum Gasteiger partial charge on any atom is 0.337 e. The molecule has 1 aromatic carbocycles. The summed E-state index contributed by atoms with van der Waals surface area (Å²) in [4.78, 5) is 10.5. The third-order valence-electron chi connectivity index (χ3n) is 1.58. The van der Waals surface area contributed by atoms with Gasteiger partial charge in [0.25, 0.3) is 0 Å². The van der Waals surface area contributed by atoms with Crippen LogP contribution in [0.1, 0.15) is 11.7 Å².